The number of aliphatic hydroxyl groups is 1. The van der Waals surface area contributed by atoms with E-state index in [-0.39, 0.29) is 29.4 Å². The van der Waals surface area contributed by atoms with Crippen molar-refractivity contribution in [3.05, 3.63) is 0 Å². The van der Waals surface area contributed by atoms with Crippen LogP contribution in [-0.2, 0) is 9.53 Å². The van der Waals surface area contributed by atoms with E-state index in [1.165, 1.54) is 0 Å². The van der Waals surface area contributed by atoms with E-state index in [0.29, 0.717) is 13.0 Å². The van der Waals surface area contributed by atoms with Gasteiger partial charge < -0.3 is 15.2 Å². The van der Waals surface area contributed by atoms with Crippen molar-refractivity contribution >= 4 is 5.91 Å². The molecule has 0 aromatic carbocycles. The van der Waals surface area contributed by atoms with Gasteiger partial charge in [0.25, 0.3) is 0 Å². The van der Waals surface area contributed by atoms with E-state index in [0.717, 1.165) is 19.4 Å². The van der Waals surface area contributed by atoms with Crippen molar-refractivity contribution in [1.82, 2.24) is 5.32 Å². The van der Waals surface area contributed by atoms with Gasteiger partial charge in [-0.15, -0.1) is 0 Å². The highest BCUT2D eigenvalue weighted by Gasteiger charge is 2.48. The second-order valence-corrected chi connectivity index (χ2v) is 5.55. The highest BCUT2D eigenvalue weighted by molar-refractivity contribution is 5.79. The van der Waals surface area contributed by atoms with Crippen molar-refractivity contribution in [3.63, 3.8) is 0 Å². The molecule has 2 N–H and O–H groups in total. The number of carbonyl (C=O) groups excluding carboxylic acids is 1. The largest absolute Gasteiger partial charge is 0.392 e. The number of carbonyl (C=O) groups is 1. The molecule has 16 heavy (non-hydrogen) atoms. The topological polar surface area (TPSA) is 58.6 Å². The van der Waals surface area contributed by atoms with E-state index in [1.807, 2.05) is 13.8 Å². The third-order valence-corrected chi connectivity index (χ3v) is 4.06. The SMILES string of the molecule is CC1(C)C(O)CC1NC(=O)C1CCCOC1. The van der Waals surface area contributed by atoms with Crippen LogP contribution in [0.25, 0.3) is 0 Å². The molecular formula is C12H21NO3. The van der Waals surface area contributed by atoms with Crippen molar-refractivity contribution in [3.8, 4) is 0 Å². The smallest absolute Gasteiger partial charge is 0.225 e. The molecule has 2 aliphatic rings. The fourth-order valence-electron chi connectivity index (χ4n) is 2.38. The summed E-state index contributed by atoms with van der Waals surface area (Å²) in [6.45, 7) is 5.30. The number of hydrogen-bond donors (Lipinski definition) is 2. The van der Waals surface area contributed by atoms with Crippen molar-refractivity contribution in [2.75, 3.05) is 13.2 Å². The maximum Gasteiger partial charge on any atom is 0.225 e. The average Bonchev–Trinajstić information content (AvgIpc) is 2.29. The Morgan fingerprint density at radius 3 is 2.75 bits per heavy atom. The van der Waals surface area contributed by atoms with Gasteiger partial charge in [-0.2, -0.15) is 0 Å². The van der Waals surface area contributed by atoms with Gasteiger partial charge in [-0.05, 0) is 19.3 Å². The molecule has 3 atom stereocenters. The third-order valence-electron chi connectivity index (χ3n) is 4.06. The van der Waals surface area contributed by atoms with Gasteiger partial charge in [0, 0.05) is 18.1 Å². The van der Waals surface area contributed by atoms with Crippen LogP contribution in [0.5, 0.6) is 0 Å². The molecule has 1 aliphatic carbocycles. The van der Waals surface area contributed by atoms with Crippen LogP contribution in [0.15, 0.2) is 0 Å². The predicted octanol–water partition coefficient (Wildman–Crippen LogP) is 0.689. The van der Waals surface area contributed by atoms with Crippen LogP contribution in [0, 0.1) is 11.3 Å². The molecule has 3 unspecified atom stereocenters. The second kappa shape index (κ2) is 4.34. The Morgan fingerprint density at radius 2 is 2.25 bits per heavy atom. The maximum atomic E-state index is 11.9. The molecule has 2 fully saturated rings. The van der Waals surface area contributed by atoms with Gasteiger partial charge in [-0.3, -0.25) is 4.79 Å². The Bertz CT molecular complexity index is 271. The van der Waals surface area contributed by atoms with Crippen molar-refractivity contribution in [1.29, 1.82) is 0 Å². The zero-order valence-electron chi connectivity index (χ0n) is 10.0. The number of hydrogen-bond acceptors (Lipinski definition) is 3. The molecular weight excluding hydrogens is 206 g/mol. The summed E-state index contributed by atoms with van der Waals surface area (Å²) >= 11 is 0. The van der Waals surface area contributed by atoms with Crippen molar-refractivity contribution in [2.24, 2.45) is 11.3 Å². The highest BCUT2D eigenvalue weighted by Crippen LogP contribution is 2.40. The molecule has 0 bridgehead atoms. The van der Waals surface area contributed by atoms with Gasteiger partial charge in [0.2, 0.25) is 5.91 Å². The Balaban J connectivity index is 1.83. The number of rotatable bonds is 2. The van der Waals surface area contributed by atoms with Crippen LogP contribution in [0.1, 0.15) is 33.1 Å². The van der Waals surface area contributed by atoms with Crippen LogP contribution in [0.3, 0.4) is 0 Å². The van der Waals surface area contributed by atoms with E-state index in [1.54, 1.807) is 0 Å². The summed E-state index contributed by atoms with van der Waals surface area (Å²) in [5, 5.41) is 12.6. The molecule has 0 radical (unpaired) electrons. The molecule has 4 heteroatoms. The van der Waals surface area contributed by atoms with E-state index < -0.39 is 0 Å². The molecule has 1 saturated carbocycles. The van der Waals surface area contributed by atoms with Crippen LogP contribution in [0.4, 0.5) is 0 Å². The summed E-state index contributed by atoms with van der Waals surface area (Å²) in [6.07, 6.45) is 2.27. The lowest BCUT2D eigenvalue weighted by Crippen LogP contribution is -2.62. The lowest BCUT2D eigenvalue weighted by Gasteiger charge is -2.49. The van der Waals surface area contributed by atoms with Gasteiger partial charge in [0.15, 0.2) is 0 Å². The maximum absolute atomic E-state index is 11.9. The normalized spacial score (nSPS) is 37.6. The van der Waals surface area contributed by atoms with Gasteiger partial charge in [-0.1, -0.05) is 13.8 Å². The summed E-state index contributed by atoms with van der Waals surface area (Å²) in [5.41, 5.74) is -0.189. The lowest BCUT2D eigenvalue weighted by atomic mass is 9.64. The molecule has 0 aromatic heterocycles. The first-order chi connectivity index (χ1) is 7.51. The standard InChI is InChI=1S/C12H21NO3/c1-12(2)9(6-10(12)14)13-11(15)8-4-3-5-16-7-8/h8-10,14H,3-7H2,1-2H3,(H,13,15). The number of nitrogens with one attached hydrogen (secondary N) is 1. The van der Waals surface area contributed by atoms with Gasteiger partial charge in [-0.25, -0.2) is 0 Å². The zero-order chi connectivity index (χ0) is 11.8. The van der Waals surface area contributed by atoms with Crippen LogP contribution in [0.2, 0.25) is 0 Å². The Hall–Kier alpha value is -0.610. The first-order valence-electron chi connectivity index (χ1n) is 6.08. The molecule has 4 nitrogen and oxygen atoms in total. The van der Waals surface area contributed by atoms with E-state index in [2.05, 4.69) is 5.32 Å². The van der Waals surface area contributed by atoms with Crippen molar-refractivity contribution < 1.29 is 14.6 Å². The van der Waals surface area contributed by atoms with Crippen LogP contribution < -0.4 is 5.32 Å². The van der Waals surface area contributed by atoms with E-state index in [4.69, 9.17) is 4.74 Å². The molecule has 0 spiro atoms. The number of amides is 1. The minimum absolute atomic E-state index is 0.00212. The van der Waals surface area contributed by atoms with Gasteiger partial charge in [0.05, 0.1) is 18.6 Å². The fraction of sp³-hybridized carbons (Fsp3) is 0.917. The summed E-state index contributed by atoms with van der Waals surface area (Å²) in [4.78, 5) is 11.9. The average molecular weight is 227 g/mol. The Morgan fingerprint density at radius 1 is 1.50 bits per heavy atom. The Kier molecular flexibility index (Phi) is 3.22. The highest BCUT2D eigenvalue weighted by atomic mass is 16.5. The van der Waals surface area contributed by atoms with Crippen LogP contribution >= 0.6 is 0 Å². The summed E-state index contributed by atoms with van der Waals surface area (Å²) in [7, 11) is 0. The fourth-order valence-corrected chi connectivity index (χ4v) is 2.38. The van der Waals surface area contributed by atoms with Gasteiger partial charge >= 0.3 is 0 Å². The monoisotopic (exact) mass is 227 g/mol. The van der Waals surface area contributed by atoms with Crippen molar-refractivity contribution in [2.45, 2.75) is 45.3 Å². The second-order valence-electron chi connectivity index (χ2n) is 5.55. The number of aliphatic hydroxyl groups excluding tert-OH is 1. The van der Waals surface area contributed by atoms with Gasteiger partial charge in [0.1, 0.15) is 0 Å². The first kappa shape index (κ1) is 11.9. The quantitative estimate of drug-likeness (QED) is 0.729. The summed E-state index contributed by atoms with van der Waals surface area (Å²) < 4.78 is 5.30. The Labute approximate surface area is 96.4 Å². The summed E-state index contributed by atoms with van der Waals surface area (Å²) in [6, 6.07) is 0.108. The third kappa shape index (κ3) is 2.09. The molecule has 1 saturated heterocycles. The van der Waals surface area contributed by atoms with Crippen LogP contribution in [-0.4, -0.2) is 36.4 Å². The summed E-state index contributed by atoms with van der Waals surface area (Å²) in [5.74, 6) is 0.0898. The predicted molar refractivity (Wildman–Crippen MR) is 59.9 cm³/mol. The molecule has 92 valence electrons. The molecule has 1 heterocycles. The zero-order valence-corrected chi connectivity index (χ0v) is 10.0. The molecule has 2 rings (SSSR count). The molecule has 0 aromatic rings. The first-order valence-corrected chi connectivity index (χ1v) is 6.08. The molecule has 1 aliphatic heterocycles. The van der Waals surface area contributed by atoms with E-state index in [9.17, 15) is 9.90 Å². The number of ether oxygens (including phenoxy) is 1. The van der Waals surface area contributed by atoms with E-state index >= 15 is 0 Å². The molecule has 1 amide bonds. The lowest BCUT2D eigenvalue weighted by molar-refractivity contribution is -0.136. The minimum Gasteiger partial charge on any atom is -0.392 e. The minimum atomic E-state index is -0.291.